The first-order chi connectivity index (χ1) is 10.8. The molecule has 0 radical (unpaired) electrons. The standard InChI is InChI=1S/C18H19NO3/c1-20-16-11-15(9-6-10-19)12-17(21-2)18(16)22-13-14-7-4-3-5-8-14/h3-5,7-8,11-12H,6,9,13H2,1-2H3. The van der Waals surface area contributed by atoms with Crippen molar-refractivity contribution in [3.05, 3.63) is 53.6 Å². The fourth-order valence-electron chi connectivity index (χ4n) is 2.15. The largest absolute Gasteiger partial charge is 0.493 e. The molecular formula is C18H19NO3. The van der Waals surface area contributed by atoms with Gasteiger partial charge in [-0.1, -0.05) is 30.3 Å². The summed E-state index contributed by atoms with van der Waals surface area (Å²) in [4.78, 5) is 0. The number of aryl methyl sites for hydroxylation is 1. The summed E-state index contributed by atoms with van der Waals surface area (Å²) < 4.78 is 16.7. The Morgan fingerprint density at radius 2 is 1.59 bits per heavy atom. The van der Waals surface area contributed by atoms with Gasteiger partial charge in [0.25, 0.3) is 0 Å². The number of methoxy groups -OCH3 is 2. The van der Waals surface area contributed by atoms with E-state index in [4.69, 9.17) is 19.5 Å². The summed E-state index contributed by atoms with van der Waals surface area (Å²) in [6.45, 7) is 0.436. The number of hydrogen-bond acceptors (Lipinski definition) is 4. The Balaban J connectivity index is 2.23. The lowest BCUT2D eigenvalue weighted by Crippen LogP contribution is -2.01. The molecule has 0 saturated heterocycles. The Hall–Kier alpha value is -2.67. The van der Waals surface area contributed by atoms with Gasteiger partial charge in [-0.05, 0) is 29.7 Å². The van der Waals surface area contributed by atoms with Gasteiger partial charge in [-0.25, -0.2) is 0 Å². The van der Waals surface area contributed by atoms with Crippen LogP contribution in [-0.2, 0) is 13.0 Å². The molecule has 0 aliphatic carbocycles. The zero-order valence-corrected chi connectivity index (χ0v) is 12.8. The van der Waals surface area contributed by atoms with Gasteiger partial charge >= 0.3 is 0 Å². The smallest absolute Gasteiger partial charge is 0.203 e. The maximum Gasteiger partial charge on any atom is 0.203 e. The minimum atomic E-state index is 0.436. The maximum absolute atomic E-state index is 8.71. The second-order valence-corrected chi connectivity index (χ2v) is 4.76. The first kappa shape index (κ1) is 15.7. The van der Waals surface area contributed by atoms with Crippen LogP contribution in [0.15, 0.2) is 42.5 Å². The highest BCUT2D eigenvalue weighted by Gasteiger charge is 2.14. The molecule has 0 saturated carbocycles. The van der Waals surface area contributed by atoms with Crippen molar-refractivity contribution in [2.75, 3.05) is 14.2 Å². The molecule has 4 heteroatoms. The van der Waals surface area contributed by atoms with E-state index in [0.29, 0.717) is 36.7 Å². The molecule has 0 heterocycles. The highest BCUT2D eigenvalue weighted by Crippen LogP contribution is 2.39. The molecule has 0 N–H and O–H groups in total. The van der Waals surface area contributed by atoms with Crippen LogP contribution < -0.4 is 14.2 Å². The number of rotatable bonds is 7. The Morgan fingerprint density at radius 1 is 0.955 bits per heavy atom. The van der Waals surface area contributed by atoms with Crippen molar-refractivity contribution < 1.29 is 14.2 Å². The van der Waals surface area contributed by atoms with Gasteiger partial charge in [0.15, 0.2) is 11.5 Å². The molecule has 114 valence electrons. The highest BCUT2D eigenvalue weighted by molar-refractivity contribution is 5.54. The van der Waals surface area contributed by atoms with Crippen LogP contribution in [0, 0.1) is 11.3 Å². The van der Waals surface area contributed by atoms with E-state index in [1.807, 2.05) is 42.5 Å². The summed E-state index contributed by atoms with van der Waals surface area (Å²) in [6, 6.07) is 15.8. The van der Waals surface area contributed by atoms with Gasteiger partial charge in [-0.2, -0.15) is 5.26 Å². The van der Waals surface area contributed by atoms with Crippen molar-refractivity contribution in [1.29, 1.82) is 5.26 Å². The van der Waals surface area contributed by atoms with Gasteiger partial charge in [0.1, 0.15) is 6.61 Å². The van der Waals surface area contributed by atoms with Gasteiger partial charge < -0.3 is 14.2 Å². The number of hydrogen-bond donors (Lipinski definition) is 0. The van der Waals surface area contributed by atoms with Crippen LogP contribution in [0.25, 0.3) is 0 Å². The highest BCUT2D eigenvalue weighted by atomic mass is 16.5. The average molecular weight is 297 g/mol. The zero-order chi connectivity index (χ0) is 15.8. The zero-order valence-electron chi connectivity index (χ0n) is 12.8. The van der Waals surface area contributed by atoms with Crippen molar-refractivity contribution >= 4 is 0 Å². The van der Waals surface area contributed by atoms with E-state index in [1.165, 1.54) is 0 Å². The molecule has 0 aromatic heterocycles. The molecule has 0 spiro atoms. The predicted octanol–water partition coefficient (Wildman–Crippen LogP) is 3.74. The normalized spacial score (nSPS) is 9.86. The van der Waals surface area contributed by atoms with Crippen molar-refractivity contribution in [1.82, 2.24) is 0 Å². The van der Waals surface area contributed by atoms with E-state index >= 15 is 0 Å². The predicted molar refractivity (Wildman–Crippen MR) is 84.3 cm³/mol. The molecule has 2 rings (SSSR count). The molecule has 0 aliphatic heterocycles. The van der Waals surface area contributed by atoms with Crippen LogP contribution in [-0.4, -0.2) is 14.2 Å². The van der Waals surface area contributed by atoms with Crippen LogP contribution >= 0.6 is 0 Å². The van der Waals surface area contributed by atoms with Crippen LogP contribution in [0.4, 0.5) is 0 Å². The Kier molecular flexibility index (Phi) is 5.67. The molecule has 2 aromatic rings. The summed E-state index contributed by atoms with van der Waals surface area (Å²) in [7, 11) is 3.19. The minimum absolute atomic E-state index is 0.436. The number of ether oxygens (including phenoxy) is 3. The number of nitrogens with zero attached hydrogens (tertiary/aromatic N) is 1. The van der Waals surface area contributed by atoms with Crippen molar-refractivity contribution in [2.45, 2.75) is 19.4 Å². The van der Waals surface area contributed by atoms with E-state index in [2.05, 4.69) is 6.07 Å². The third kappa shape index (κ3) is 3.92. The van der Waals surface area contributed by atoms with Gasteiger partial charge in [-0.3, -0.25) is 0 Å². The van der Waals surface area contributed by atoms with Crippen LogP contribution in [0.5, 0.6) is 17.2 Å². The van der Waals surface area contributed by atoms with E-state index in [0.717, 1.165) is 11.1 Å². The van der Waals surface area contributed by atoms with Gasteiger partial charge in [0, 0.05) is 6.42 Å². The third-order valence-electron chi connectivity index (χ3n) is 3.27. The van der Waals surface area contributed by atoms with Crippen LogP contribution in [0.2, 0.25) is 0 Å². The fourth-order valence-corrected chi connectivity index (χ4v) is 2.15. The van der Waals surface area contributed by atoms with Gasteiger partial charge in [-0.15, -0.1) is 0 Å². The lowest BCUT2D eigenvalue weighted by molar-refractivity contribution is 0.265. The topological polar surface area (TPSA) is 51.5 Å². The summed E-state index contributed by atoms with van der Waals surface area (Å²) in [6.07, 6.45) is 1.11. The molecule has 0 fully saturated rings. The molecule has 0 unspecified atom stereocenters. The maximum atomic E-state index is 8.71. The van der Waals surface area contributed by atoms with Gasteiger partial charge in [0.05, 0.1) is 20.3 Å². The molecule has 0 amide bonds. The molecular weight excluding hydrogens is 278 g/mol. The molecule has 0 bridgehead atoms. The quantitative estimate of drug-likeness (QED) is 0.781. The monoisotopic (exact) mass is 297 g/mol. The van der Waals surface area contributed by atoms with Crippen molar-refractivity contribution in [3.8, 4) is 23.3 Å². The Bertz CT molecular complexity index is 622. The molecule has 0 aliphatic rings. The lowest BCUT2D eigenvalue weighted by Gasteiger charge is -2.16. The van der Waals surface area contributed by atoms with Crippen LogP contribution in [0.1, 0.15) is 17.5 Å². The Morgan fingerprint density at radius 3 is 2.14 bits per heavy atom. The molecule has 4 nitrogen and oxygen atoms in total. The summed E-state index contributed by atoms with van der Waals surface area (Å²) in [5.41, 5.74) is 2.06. The minimum Gasteiger partial charge on any atom is -0.493 e. The second kappa shape index (κ2) is 7.94. The first-order valence-electron chi connectivity index (χ1n) is 7.07. The molecule has 0 atom stereocenters. The summed E-state index contributed by atoms with van der Waals surface area (Å²) in [5, 5.41) is 8.71. The molecule has 22 heavy (non-hydrogen) atoms. The van der Waals surface area contributed by atoms with Crippen LogP contribution in [0.3, 0.4) is 0 Å². The Labute approximate surface area is 130 Å². The average Bonchev–Trinajstić information content (AvgIpc) is 2.58. The second-order valence-electron chi connectivity index (χ2n) is 4.76. The third-order valence-corrected chi connectivity index (χ3v) is 3.27. The first-order valence-corrected chi connectivity index (χ1v) is 7.07. The molecule has 2 aromatic carbocycles. The van der Waals surface area contributed by atoms with E-state index < -0.39 is 0 Å². The lowest BCUT2D eigenvalue weighted by atomic mass is 10.1. The fraction of sp³-hybridized carbons (Fsp3) is 0.278. The van der Waals surface area contributed by atoms with Crippen molar-refractivity contribution in [2.24, 2.45) is 0 Å². The summed E-state index contributed by atoms with van der Waals surface area (Å²) in [5.74, 6) is 1.81. The van der Waals surface area contributed by atoms with E-state index in [9.17, 15) is 0 Å². The SMILES string of the molecule is COc1cc(CCC#N)cc(OC)c1OCc1ccccc1. The van der Waals surface area contributed by atoms with E-state index in [1.54, 1.807) is 14.2 Å². The van der Waals surface area contributed by atoms with Crippen molar-refractivity contribution in [3.63, 3.8) is 0 Å². The summed E-state index contributed by atoms with van der Waals surface area (Å²) >= 11 is 0. The number of benzene rings is 2. The van der Waals surface area contributed by atoms with E-state index in [-0.39, 0.29) is 0 Å². The van der Waals surface area contributed by atoms with Gasteiger partial charge in [0.2, 0.25) is 5.75 Å². The number of nitriles is 1.